The molecule has 0 aromatic carbocycles. The van der Waals surface area contributed by atoms with Crippen LogP contribution in [-0.2, 0) is 11.2 Å². The van der Waals surface area contributed by atoms with Crippen LogP contribution in [0.25, 0.3) is 10.8 Å². The molecule has 0 fully saturated rings. The lowest BCUT2D eigenvalue weighted by Crippen LogP contribution is -2.28. The lowest BCUT2D eigenvalue weighted by Gasteiger charge is -2.03. The average Bonchev–Trinajstić information content (AvgIpc) is 3.04. The van der Waals surface area contributed by atoms with Crippen LogP contribution in [0.15, 0.2) is 21.9 Å². The molecule has 0 bridgehead atoms. The van der Waals surface area contributed by atoms with Gasteiger partial charge in [0.2, 0.25) is 5.91 Å². The van der Waals surface area contributed by atoms with Crippen molar-refractivity contribution in [1.82, 2.24) is 15.6 Å². The Labute approximate surface area is 122 Å². The molecule has 0 aliphatic carbocycles. The lowest BCUT2D eigenvalue weighted by atomic mass is 10.3. The van der Waals surface area contributed by atoms with Gasteiger partial charge < -0.3 is 15.1 Å². The second-order valence-corrected chi connectivity index (χ2v) is 5.40. The number of hydrogen-bond acceptors (Lipinski definition) is 5. The van der Waals surface area contributed by atoms with Crippen molar-refractivity contribution in [2.45, 2.75) is 19.8 Å². The molecule has 0 spiro atoms. The highest BCUT2D eigenvalue weighted by molar-refractivity contribution is 7.13. The summed E-state index contributed by atoms with van der Waals surface area (Å²) in [6.07, 6.45) is 1.24. The molecule has 6 heteroatoms. The highest BCUT2D eigenvalue weighted by Gasteiger charge is 2.10. The van der Waals surface area contributed by atoms with Crippen LogP contribution in [0.2, 0.25) is 0 Å². The van der Waals surface area contributed by atoms with Gasteiger partial charge in [0.05, 0.1) is 12.1 Å². The van der Waals surface area contributed by atoms with Crippen LogP contribution in [0, 0.1) is 6.92 Å². The smallest absolute Gasteiger partial charge is 0.226 e. The summed E-state index contributed by atoms with van der Waals surface area (Å²) >= 11 is 1.50. The molecule has 5 nitrogen and oxygen atoms in total. The van der Waals surface area contributed by atoms with Crippen molar-refractivity contribution in [2.75, 3.05) is 20.1 Å². The first kappa shape index (κ1) is 14.7. The predicted molar refractivity (Wildman–Crippen MR) is 79.8 cm³/mol. The molecule has 0 radical (unpaired) electrons. The number of rotatable bonds is 7. The zero-order valence-electron chi connectivity index (χ0n) is 11.7. The lowest BCUT2D eigenvalue weighted by molar-refractivity contribution is -0.120. The predicted octanol–water partition coefficient (Wildman–Crippen LogP) is 1.98. The van der Waals surface area contributed by atoms with Crippen LogP contribution < -0.4 is 10.6 Å². The van der Waals surface area contributed by atoms with Gasteiger partial charge in [-0.25, -0.2) is 4.98 Å². The molecule has 108 valence electrons. The van der Waals surface area contributed by atoms with Crippen molar-refractivity contribution < 1.29 is 9.21 Å². The first-order valence-corrected chi connectivity index (χ1v) is 7.49. The summed E-state index contributed by atoms with van der Waals surface area (Å²) in [6, 6.07) is 3.81. The number of nitrogens with one attached hydrogen (secondary N) is 2. The molecule has 2 heterocycles. The van der Waals surface area contributed by atoms with Crippen LogP contribution in [0.1, 0.15) is 17.9 Å². The van der Waals surface area contributed by atoms with Crippen LogP contribution in [0.3, 0.4) is 0 Å². The quantitative estimate of drug-likeness (QED) is 0.766. The van der Waals surface area contributed by atoms with E-state index in [2.05, 4.69) is 15.6 Å². The molecule has 0 aliphatic rings. The topological polar surface area (TPSA) is 67.2 Å². The Hall–Kier alpha value is -1.66. The SMILES string of the molecule is CNCCCNC(=O)Cc1csc(-c2ccc(C)o2)n1. The number of thiazole rings is 1. The van der Waals surface area contributed by atoms with Crippen molar-refractivity contribution >= 4 is 17.2 Å². The molecule has 0 saturated carbocycles. The van der Waals surface area contributed by atoms with E-state index in [4.69, 9.17) is 4.42 Å². The van der Waals surface area contributed by atoms with Crippen molar-refractivity contribution in [3.8, 4) is 10.8 Å². The molecule has 2 N–H and O–H groups in total. The van der Waals surface area contributed by atoms with Crippen molar-refractivity contribution in [1.29, 1.82) is 0 Å². The van der Waals surface area contributed by atoms with Gasteiger partial charge in [-0.1, -0.05) is 0 Å². The number of furan rings is 1. The summed E-state index contributed by atoms with van der Waals surface area (Å²) in [5.74, 6) is 1.63. The maximum absolute atomic E-state index is 11.7. The summed E-state index contributed by atoms with van der Waals surface area (Å²) in [6.45, 7) is 3.49. The molecular formula is C14H19N3O2S. The number of carbonyl (C=O) groups excluding carboxylic acids is 1. The van der Waals surface area contributed by atoms with E-state index in [9.17, 15) is 4.79 Å². The maximum Gasteiger partial charge on any atom is 0.226 e. The van der Waals surface area contributed by atoms with Gasteiger partial charge in [0.1, 0.15) is 5.76 Å². The Morgan fingerprint density at radius 2 is 2.25 bits per heavy atom. The average molecular weight is 293 g/mol. The Morgan fingerprint density at radius 3 is 2.95 bits per heavy atom. The monoisotopic (exact) mass is 293 g/mol. The first-order chi connectivity index (χ1) is 9.69. The number of aromatic nitrogens is 1. The van der Waals surface area contributed by atoms with E-state index in [0.717, 1.165) is 35.2 Å². The van der Waals surface area contributed by atoms with E-state index in [1.165, 1.54) is 11.3 Å². The van der Waals surface area contributed by atoms with Gasteiger partial charge in [-0.3, -0.25) is 4.79 Å². The third-order valence-electron chi connectivity index (χ3n) is 2.77. The number of nitrogens with zero attached hydrogens (tertiary/aromatic N) is 1. The van der Waals surface area contributed by atoms with Crippen LogP contribution in [0.4, 0.5) is 0 Å². The fourth-order valence-corrected chi connectivity index (χ4v) is 2.55. The normalized spacial score (nSPS) is 10.7. The summed E-state index contributed by atoms with van der Waals surface area (Å²) < 4.78 is 5.52. The molecule has 0 saturated heterocycles. The zero-order valence-corrected chi connectivity index (χ0v) is 12.5. The van der Waals surface area contributed by atoms with Gasteiger partial charge in [-0.2, -0.15) is 0 Å². The number of amides is 1. The van der Waals surface area contributed by atoms with Crippen LogP contribution in [-0.4, -0.2) is 31.0 Å². The van der Waals surface area contributed by atoms with Crippen molar-refractivity contribution in [3.05, 3.63) is 29.0 Å². The Bertz CT molecular complexity index is 562. The van der Waals surface area contributed by atoms with E-state index >= 15 is 0 Å². The summed E-state index contributed by atoms with van der Waals surface area (Å²) in [4.78, 5) is 16.2. The number of carbonyl (C=O) groups is 1. The third-order valence-corrected chi connectivity index (χ3v) is 3.68. The zero-order chi connectivity index (χ0) is 14.4. The highest BCUT2D eigenvalue weighted by atomic mass is 32.1. The summed E-state index contributed by atoms with van der Waals surface area (Å²) in [5.41, 5.74) is 0.783. The molecule has 1 amide bonds. The number of aryl methyl sites for hydroxylation is 1. The van der Waals surface area contributed by atoms with E-state index in [0.29, 0.717) is 13.0 Å². The molecular weight excluding hydrogens is 274 g/mol. The van der Waals surface area contributed by atoms with Crippen LogP contribution >= 0.6 is 11.3 Å². The molecule has 0 unspecified atom stereocenters. The van der Waals surface area contributed by atoms with E-state index < -0.39 is 0 Å². The van der Waals surface area contributed by atoms with Gasteiger partial charge in [-0.15, -0.1) is 11.3 Å². The first-order valence-electron chi connectivity index (χ1n) is 6.61. The minimum Gasteiger partial charge on any atom is -0.459 e. The summed E-state index contributed by atoms with van der Waals surface area (Å²) in [7, 11) is 1.90. The molecule has 0 atom stereocenters. The second kappa shape index (κ2) is 7.21. The van der Waals surface area contributed by atoms with E-state index in [1.54, 1.807) is 0 Å². The standard InChI is InChI=1S/C14H19N3O2S/c1-10-4-5-12(19-10)14-17-11(9-20-14)8-13(18)16-7-3-6-15-2/h4-5,9,15H,3,6-8H2,1-2H3,(H,16,18). The van der Waals surface area contributed by atoms with Crippen molar-refractivity contribution in [3.63, 3.8) is 0 Å². The minimum atomic E-state index is 0.00794. The van der Waals surface area contributed by atoms with Gasteiger partial charge in [0.25, 0.3) is 0 Å². The summed E-state index contributed by atoms with van der Waals surface area (Å²) in [5, 5.41) is 8.64. The van der Waals surface area contributed by atoms with Gasteiger partial charge in [0, 0.05) is 11.9 Å². The van der Waals surface area contributed by atoms with E-state index in [-0.39, 0.29) is 5.91 Å². The molecule has 2 rings (SSSR count). The second-order valence-electron chi connectivity index (χ2n) is 4.54. The molecule has 2 aromatic heterocycles. The fourth-order valence-electron chi connectivity index (χ4n) is 1.77. The highest BCUT2D eigenvalue weighted by Crippen LogP contribution is 2.25. The van der Waals surface area contributed by atoms with Gasteiger partial charge in [-0.05, 0) is 39.1 Å². The van der Waals surface area contributed by atoms with Crippen LogP contribution in [0.5, 0.6) is 0 Å². The molecule has 0 aliphatic heterocycles. The maximum atomic E-state index is 11.7. The molecule has 2 aromatic rings. The fraction of sp³-hybridized carbons (Fsp3) is 0.429. The van der Waals surface area contributed by atoms with Gasteiger partial charge >= 0.3 is 0 Å². The largest absolute Gasteiger partial charge is 0.459 e. The number of hydrogen-bond donors (Lipinski definition) is 2. The third kappa shape index (κ3) is 4.18. The van der Waals surface area contributed by atoms with Crippen molar-refractivity contribution in [2.24, 2.45) is 0 Å². The Kier molecular flexibility index (Phi) is 5.31. The minimum absolute atomic E-state index is 0.00794. The molecule has 20 heavy (non-hydrogen) atoms. The van der Waals surface area contributed by atoms with E-state index in [1.807, 2.05) is 31.5 Å². The Morgan fingerprint density at radius 1 is 1.40 bits per heavy atom. The van der Waals surface area contributed by atoms with Gasteiger partial charge in [0.15, 0.2) is 10.8 Å². The Balaban J connectivity index is 1.85.